The van der Waals surface area contributed by atoms with Gasteiger partial charge in [-0.15, -0.1) is 11.3 Å². The van der Waals surface area contributed by atoms with Crippen LogP contribution in [0.3, 0.4) is 0 Å². The second-order valence-electron chi connectivity index (χ2n) is 6.72. The Morgan fingerprint density at radius 3 is 2.58 bits per heavy atom. The van der Waals surface area contributed by atoms with Gasteiger partial charge in [-0.05, 0) is 43.6 Å². The number of thiophene rings is 1. The van der Waals surface area contributed by atoms with Gasteiger partial charge in [0, 0.05) is 10.3 Å². The molecule has 24 heavy (non-hydrogen) atoms. The van der Waals surface area contributed by atoms with Crippen molar-refractivity contribution in [3.8, 4) is 0 Å². The van der Waals surface area contributed by atoms with Gasteiger partial charge in [0.1, 0.15) is 0 Å². The highest BCUT2D eigenvalue weighted by Crippen LogP contribution is 2.52. The largest absolute Gasteiger partial charge is 0.481 e. The lowest BCUT2D eigenvalue weighted by atomic mass is 9.79. The number of fused-ring (bicyclic) bond motifs is 2. The molecule has 0 aliphatic heterocycles. The average Bonchev–Trinajstić information content (AvgIpc) is 3.27. The van der Waals surface area contributed by atoms with Crippen LogP contribution < -0.4 is 10.9 Å². The van der Waals surface area contributed by atoms with Crippen molar-refractivity contribution in [3.63, 3.8) is 0 Å². The highest BCUT2D eigenvalue weighted by molar-refractivity contribution is 7.10. The Bertz CT molecular complexity index is 657. The Morgan fingerprint density at radius 2 is 1.92 bits per heavy atom. The predicted molar refractivity (Wildman–Crippen MR) is 89.4 cm³/mol. The third-order valence-corrected chi connectivity index (χ3v) is 6.21. The summed E-state index contributed by atoms with van der Waals surface area (Å²) in [6, 6.07) is 1.83. The summed E-state index contributed by atoms with van der Waals surface area (Å²) in [7, 11) is 0. The van der Waals surface area contributed by atoms with Crippen molar-refractivity contribution in [1.82, 2.24) is 10.9 Å². The van der Waals surface area contributed by atoms with E-state index in [1.54, 1.807) is 5.38 Å². The van der Waals surface area contributed by atoms with Crippen molar-refractivity contribution >= 4 is 29.1 Å². The second kappa shape index (κ2) is 6.93. The summed E-state index contributed by atoms with van der Waals surface area (Å²) in [4.78, 5) is 37.1. The average molecular weight is 350 g/mol. The third kappa shape index (κ3) is 3.17. The van der Waals surface area contributed by atoms with Gasteiger partial charge in [-0.1, -0.05) is 13.3 Å². The first kappa shape index (κ1) is 17.0. The first-order valence-electron chi connectivity index (χ1n) is 8.41. The summed E-state index contributed by atoms with van der Waals surface area (Å²) in [5, 5.41) is 11.2. The number of hydrazine groups is 1. The number of carboxylic acid groups (broad SMARTS) is 1. The number of carboxylic acids is 1. The molecule has 7 heteroatoms. The summed E-state index contributed by atoms with van der Waals surface area (Å²) in [5.74, 6) is -2.62. The molecule has 4 atom stereocenters. The number of carbonyl (C=O) groups excluding carboxylic acids is 2. The molecule has 0 radical (unpaired) electrons. The van der Waals surface area contributed by atoms with Gasteiger partial charge in [-0.25, -0.2) is 0 Å². The van der Waals surface area contributed by atoms with Crippen LogP contribution in [0.25, 0.3) is 0 Å². The maximum atomic E-state index is 12.4. The van der Waals surface area contributed by atoms with Crippen molar-refractivity contribution in [3.05, 3.63) is 21.9 Å². The molecule has 2 fully saturated rings. The zero-order valence-corrected chi connectivity index (χ0v) is 14.4. The van der Waals surface area contributed by atoms with Crippen LogP contribution in [-0.2, 0) is 16.0 Å². The molecule has 2 saturated carbocycles. The number of amides is 2. The van der Waals surface area contributed by atoms with E-state index in [0.29, 0.717) is 5.56 Å². The molecule has 1 heterocycles. The van der Waals surface area contributed by atoms with Crippen molar-refractivity contribution in [2.24, 2.45) is 23.7 Å². The van der Waals surface area contributed by atoms with Gasteiger partial charge >= 0.3 is 5.97 Å². The first-order valence-corrected chi connectivity index (χ1v) is 9.29. The molecule has 2 aliphatic carbocycles. The number of aryl methyl sites for hydroxylation is 1. The van der Waals surface area contributed by atoms with E-state index in [1.165, 1.54) is 11.3 Å². The smallest absolute Gasteiger partial charge is 0.307 e. The van der Waals surface area contributed by atoms with Gasteiger partial charge in [0.05, 0.1) is 17.4 Å². The van der Waals surface area contributed by atoms with Crippen LogP contribution >= 0.6 is 11.3 Å². The van der Waals surface area contributed by atoms with Crippen LogP contribution in [0.2, 0.25) is 0 Å². The molecule has 3 rings (SSSR count). The fraction of sp³-hybridized carbons (Fsp3) is 0.588. The number of hydrogen-bond donors (Lipinski definition) is 3. The molecular formula is C17H22N2O4S. The van der Waals surface area contributed by atoms with E-state index in [9.17, 15) is 19.5 Å². The van der Waals surface area contributed by atoms with Gasteiger partial charge in [0.15, 0.2) is 0 Å². The second-order valence-corrected chi connectivity index (χ2v) is 7.71. The van der Waals surface area contributed by atoms with E-state index in [4.69, 9.17) is 0 Å². The lowest BCUT2D eigenvalue weighted by Crippen LogP contribution is -2.48. The summed E-state index contributed by atoms with van der Waals surface area (Å²) in [6.45, 7) is 2.08. The molecule has 1 aromatic heterocycles. The highest BCUT2D eigenvalue weighted by atomic mass is 32.1. The number of carbonyl (C=O) groups is 3. The molecule has 1 aromatic rings. The maximum Gasteiger partial charge on any atom is 0.307 e. The third-order valence-electron chi connectivity index (χ3n) is 5.22. The number of hydrogen-bond acceptors (Lipinski definition) is 4. The molecule has 0 saturated heterocycles. The molecule has 0 spiro atoms. The zero-order valence-electron chi connectivity index (χ0n) is 13.6. The van der Waals surface area contributed by atoms with Gasteiger partial charge in [-0.3, -0.25) is 25.2 Å². The van der Waals surface area contributed by atoms with Crippen molar-refractivity contribution < 1.29 is 19.5 Å². The van der Waals surface area contributed by atoms with Gasteiger partial charge in [0.25, 0.3) is 5.91 Å². The van der Waals surface area contributed by atoms with E-state index >= 15 is 0 Å². The Kier molecular flexibility index (Phi) is 4.89. The molecular weight excluding hydrogens is 328 g/mol. The fourth-order valence-electron chi connectivity index (χ4n) is 4.17. The van der Waals surface area contributed by atoms with E-state index in [-0.39, 0.29) is 23.7 Å². The summed E-state index contributed by atoms with van der Waals surface area (Å²) in [6.07, 6.45) is 4.51. The molecule has 2 bridgehead atoms. The summed E-state index contributed by atoms with van der Waals surface area (Å²) in [5.41, 5.74) is 5.38. The Morgan fingerprint density at radius 1 is 1.21 bits per heavy atom. The first-order chi connectivity index (χ1) is 11.5. The quantitative estimate of drug-likeness (QED) is 0.710. The maximum absolute atomic E-state index is 12.4. The predicted octanol–water partition coefficient (Wildman–Crippen LogP) is 2.21. The molecule has 2 aliphatic rings. The Hall–Kier alpha value is -1.89. The van der Waals surface area contributed by atoms with E-state index < -0.39 is 17.8 Å². The van der Waals surface area contributed by atoms with E-state index in [2.05, 4.69) is 17.8 Å². The van der Waals surface area contributed by atoms with Crippen LogP contribution in [0.4, 0.5) is 0 Å². The minimum Gasteiger partial charge on any atom is -0.481 e. The summed E-state index contributed by atoms with van der Waals surface area (Å²) < 4.78 is 0. The van der Waals surface area contributed by atoms with Crippen molar-refractivity contribution in [2.75, 3.05) is 0 Å². The molecule has 0 unspecified atom stereocenters. The van der Waals surface area contributed by atoms with Crippen molar-refractivity contribution in [2.45, 2.75) is 39.0 Å². The van der Waals surface area contributed by atoms with E-state index in [1.807, 2.05) is 6.07 Å². The Balaban J connectivity index is 1.58. The normalized spacial score (nSPS) is 27.9. The lowest BCUT2D eigenvalue weighted by Gasteiger charge is -2.26. The minimum atomic E-state index is -0.907. The van der Waals surface area contributed by atoms with Gasteiger partial charge < -0.3 is 5.11 Å². The fourth-order valence-corrected chi connectivity index (χ4v) is 5.15. The number of aliphatic carboxylic acids is 1. The van der Waals surface area contributed by atoms with Crippen LogP contribution in [0.15, 0.2) is 11.4 Å². The topological polar surface area (TPSA) is 95.5 Å². The van der Waals surface area contributed by atoms with Gasteiger partial charge in [-0.2, -0.15) is 0 Å². The van der Waals surface area contributed by atoms with Gasteiger partial charge in [0.2, 0.25) is 5.91 Å². The van der Waals surface area contributed by atoms with Crippen LogP contribution in [0.5, 0.6) is 0 Å². The molecule has 2 amide bonds. The van der Waals surface area contributed by atoms with Crippen LogP contribution in [-0.4, -0.2) is 22.9 Å². The minimum absolute atomic E-state index is 0.0902. The number of rotatable bonds is 5. The number of nitrogens with one attached hydrogen (secondary N) is 2. The molecule has 0 aromatic carbocycles. The molecule has 130 valence electrons. The highest BCUT2D eigenvalue weighted by Gasteiger charge is 2.54. The summed E-state index contributed by atoms with van der Waals surface area (Å²) >= 11 is 1.52. The Labute approximate surface area is 144 Å². The zero-order chi connectivity index (χ0) is 17.3. The molecule has 3 N–H and O–H groups in total. The monoisotopic (exact) mass is 350 g/mol. The standard InChI is InChI=1S/C17H22N2O4S/c1-2-3-12-7-11(8-24-12)15(20)18-19-16(21)13-9-4-5-10(6-9)14(13)17(22)23/h7-10,13-14H,2-6H2,1H3,(H,18,20)(H,19,21)(H,22,23)/t9-,10+,13+,14+/m1/s1. The lowest BCUT2D eigenvalue weighted by molar-refractivity contribution is -0.149. The van der Waals surface area contributed by atoms with E-state index in [0.717, 1.165) is 37.0 Å². The van der Waals surface area contributed by atoms with Crippen LogP contribution in [0, 0.1) is 23.7 Å². The van der Waals surface area contributed by atoms with Crippen molar-refractivity contribution in [1.29, 1.82) is 0 Å². The SMILES string of the molecule is CCCc1cc(C(=O)NNC(=O)[C@H]2[C@@H]3CC[C@@H](C3)[C@@H]2C(=O)O)cs1. The van der Waals surface area contributed by atoms with Crippen LogP contribution in [0.1, 0.15) is 47.8 Å². The molecule has 6 nitrogen and oxygen atoms in total.